The number of carbonyl (C=O) groups excluding carboxylic acids is 4. The van der Waals surface area contributed by atoms with Gasteiger partial charge in [0.25, 0.3) is 0 Å². The first-order valence-corrected chi connectivity index (χ1v) is 10.4. The number of primary amides is 1. The molecule has 11 heteroatoms. The minimum atomic E-state index is -1.10. The maximum Gasteiger partial charge on any atom is 0.326 e. The van der Waals surface area contributed by atoms with Crippen molar-refractivity contribution < 1.29 is 29.1 Å². The highest BCUT2D eigenvalue weighted by Gasteiger charge is 2.46. The van der Waals surface area contributed by atoms with Crippen molar-refractivity contribution in [3.63, 3.8) is 0 Å². The van der Waals surface area contributed by atoms with Crippen LogP contribution in [0.25, 0.3) is 0 Å². The number of carboxylic acids is 1. The Kier molecular flexibility index (Phi) is 6.59. The van der Waals surface area contributed by atoms with Crippen LogP contribution in [0.1, 0.15) is 44.9 Å². The minimum Gasteiger partial charge on any atom is -0.480 e. The minimum absolute atomic E-state index is 0.299. The molecule has 3 heterocycles. The summed E-state index contributed by atoms with van der Waals surface area (Å²) < 4.78 is 0. The van der Waals surface area contributed by atoms with Gasteiger partial charge in [0.15, 0.2) is 0 Å². The molecule has 4 amide bonds. The van der Waals surface area contributed by atoms with Crippen LogP contribution in [-0.2, 0) is 24.0 Å². The van der Waals surface area contributed by atoms with E-state index in [9.17, 15) is 29.1 Å². The van der Waals surface area contributed by atoms with Crippen molar-refractivity contribution in [3.05, 3.63) is 0 Å². The second-order valence-electron chi connectivity index (χ2n) is 8.18. The highest BCUT2D eigenvalue weighted by atomic mass is 16.4. The van der Waals surface area contributed by atoms with Crippen LogP contribution in [0, 0.1) is 0 Å². The first-order chi connectivity index (χ1) is 14.2. The van der Waals surface area contributed by atoms with E-state index in [2.05, 4.69) is 0 Å². The predicted octanol–water partition coefficient (Wildman–Crippen LogP) is -1.75. The molecule has 0 bridgehead atoms. The van der Waals surface area contributed by atoms with E-state index in [0.29, 0.717) is 58.2 Å². The lowest BCUT2D eigenvalue weighted by Crippen LogP contribution is -2.56. The van der Waals surface area contributed by atoms with Gasteiger partial charge in [0, 0.05) is 19.6 Å². The Morgan fingerprint density at radius 3 is 1.73 bits per heavy atom. The quantitative estimate of drug-likeness (QED) is 0.455. The summed E-state index contributed by atoms with van der Waals surface area (Å²) >= 11 is 0. The average Bonchev–Trinajstić information content (AvgIpc) is 3.45. The second-order valence-corrected chi connectivity index (χ2v) is 8.18. The molecule has 5 N–H and O–H groups in total. The molecule has 0 aliphatic carbocycles. The van der Waals surface area contributed by atoms with Crippen LogP contribution in [0.15, 0.2) is 0 Å². The van der Waals surface area contributed by atoms with Gasteiger partial charge < -0.3 is 31.3 Å². The Balaban J connectivity index is 1.71. The molecule has 0 aromatic heterocycles. The lowest BCUT2D eigenvalue weighted by atomic mass is 10.1. The van der Waals surface area contributed by atoms with Gasteiger partial charge in [-0.25, -0.2) is 4.79 Å². The lowest BCUT2D eigenvalue weighted by molar-refractivity contribution is -0.153. The lowest BCUT2D eigenvalue weighted by Gasteiger charge is -2.34. The molecule has 4 atom stereocenters. The van der Waals surface area contributed by atoms with Crippen molar-refractivity contribution in [1.29, 1.82) is 0 Å². The average molecular weight is 423 g/mol. The topological polar surface area (TPSA) is 167 Å². The van der Waals surface area contributed by atoms with Gasteiger partial charge in [-0.3, -0.25) is 19.2 Å². The SMILES string of the molecule is NC(=O)CC(N)C(=O)N1CCCC1C(=O)N1CCCC1C(=O)N1CCCC1C(=O)O. The largest absolute Gasteiger partial charge is 0.480 e. The molecule has 0 spiro atoms. The van der Waals surface area contributed by atoms with Crippen molar-refractivity contribution in [2.24, 2.45) is 11.5 Å². The Bertz CT molecular complexity index is 743. The summed E-state index contributed by atoms with van der Waals surface area (Å²) in [6.45, 7) is 1.10. The number of amides is 4. The number of rotatable bonds is 6. The fourth-order valence-corrected chi connectivity index (χ4v) is 4.76. The van der Waals surface area contributed by atoms with E-state index in [1.165, 1.54) is 14.7 Å². The van der Waals surface area contributed by atoms with Gasteiger partial charge >= 0.3 is 5.97 Å². The van der Waals surface area contributed by atoms with Gasteiger partial charge in [-0.2, -0.15) is 0 Å². The standard InChI is InChI=1S/C19H29N5O6/c20-11(10-15(21)25)16(26)22-7-1-4-12(22)17(27)23-8-2-5-13(23)18(28)24-9-3-6-14(24)19(29)30/h11-14H,1-10,20H2,(H2,21,25)(H,29,30). The maximum absolute atomic E-state index is 13.3. The molecule has 166 valence electrons. The van der Waals surface area contributed by atoms with E-state index in [-0.39, 0.29) is 18.2 Å². The number of hydrogen-bond acceptors (Lipinski definition) is 6. The van der Waals surface area contributed by atoms with Crippen molar-refractivity contribution in [3.8, 4) is 0 Å². The van der Waals surface area contributed by atoms with Gasteiger partial charge in [0.1, 0.15) is 18.1 Å². The third-order valence-electron chi connectivity index (χ3n) is 6.20. The fourth-order valence-electron chi connectivity index (χ4n) is 4.76. The zero-order valence-corrected chi connectivity index (χ0v) is 16.9. The van der Waals surface area contributed by atoms with E-state index in [0.717, 1.165) is 0 Å². The Labute approximate surface area is 174 Å². The number of aliphatic carboxylic acids is 1. The zero-order chi connectivity index (χ0) is 22.0. The maximum atomic E-state index is 13.3. The molecule has 30 heavy (non-hydrogen) atoms. The van der Waals surface area contributed by atoms with E-state index < -0.39 is 42.0 Å². The second kappa shape index (κ2) is 8.99. The van der Waals surface area contributed by atoms with Crippen molar-refractivity contribution in [1.82, 2.24) is 14.7 Å². The third kappa shape index (κ3) is 4.25. The fraction of sp³-hybridized carbons (Fsp3) is 0.737. The van der Waals surface area contributed by atoms with Crippen LogP contribution in [0.2, 0.25) is 0 Å². The van der Waals surface area contributed by atoms with E-state index in [4.69, 9.17) is 11.5 Å². The molecule has 3 saturated heterocycles. The number of carbonyl (C=O) groups is 5. The summed E-state index contributed by atoms with van der Waals surface area (Å²) in [4.78, 5) is 65.7. The summed E-state index contributed by atoms with van der Waals surface area (Å²) in [5.41, 5.74) is 10.9. The zero-order valence-electron chi connectivity index (χ0n) is 16.9. The molecular weight excluding hydrogens is 394 g/mol. The van der Waals surface area contributed by atoms with Crippen LogP contribution >= 0.6 is 0 Å². The van der Waals surface area contributed by atoms with Crippen LogP contribution < -0.4 is 11.5 Å². The predicted molar refractivity (Wildman–Crippen MR) is 104 cm³/mol. The molecular formula is C19H29N5O6. The Morgan fingerprint density at radius 1 is 0.800 bits per heavy atom. The summed E-state index contributed by atoms with van der Waals surface area (Å²) in [6, 6.07) is -3.41. The molecule has 3 fully saturated rings. The molecule has 0 aromatic rings. The highest BCUT2D eigenvalue weighted by Crippen LogP contribution is 2.28. The first-order valence-electron chi connectivity index (χ1n) is 10.4. The van der Waals surface area contributed by atoms with Crippen LogP contribution in [-0.4, -0.2) is 93.2 Å². The van der Waals surface area contributed by atoms with Crippen molar-refractivity contribution in [2.45, 2.75) is 69.1 Å². The molecule has 0 saturated carbocycles. The molecule has 0 aromatic carbocycles. The summed E-state index contributed by atoms with van der Waals surface area (Å²) in [6.07, 6.45) is 2.89. The molecule has 3 aliphatic heterocycles. The van der Waals surface area contributed by atoms with E-state index in [1.807, 2.05) is 0 Å². The smallest absolute Gasteiger partial charge is 0.326 e. The normalized spacial score (nSPS) is 27.4. The van der Waals surface area contributed by atoms with E-state index >= 15 is 0 Å². The number of carboxylic acid groups (broad SMARTS) is 1. The molecule has 4 unspecified atom stereocenters. The van der Waals surface area contributed by atoms with Crippen LogP contribution in [0.3, 0.4) is 0 Å². The monoisotopic (exact) mass is 423 g/mol. The molecule has 11 nitrogen and oxygen atoms in total. The Morgan fingerprint density at radius 2 is 1.23 bits per heavy atom. The summed E-state index contributed by atoms with van der Waals surface area (Å²) in [7, 11) is 0. The number of nitrogens with zero attached hydrogens (tertiary/aromatic N) is 3. The van der Waals surface area contributed by atoms with Gasteiger partial charge in [-0.15, -0.1) is 0 Å². The van der Waals surface area contributed by atoms with Gasteiger partial charge in [-0.05, 0) is 38.5 Å². The van der Waals surface area contributed by atoms with Gasteiger partial charge in [0.05, 0.1) is 12.5 Å². The van der Waals surface area contributed by atoms with Crippen molar-refractivity contribution in [2.75, 3.05) is 19.6 Å². The third-order valence-corrected chi connectivity index (χ3v) is 6.20. The molecule has 0 radical (unpaired) electrons. The summed E-state index contributed by atoms with van der Waals surface area (Å²) in [5.74, 6) is -2.90. The first kappa shape index (κ1) is 22.0. The van der Waals surface area contributed by atoms with E-state index in [1.54, 1.807) is 0 Å². The molecule has 3 aliphatic rings. The van der Waals surface area contributed by atoms with Crippen LogP contribution in [0.5, 0.6) is 0 Å². The van der Waals surface area contributed by atoms with Crippen molar-refractivity contribution >= 4 is 29.6 Å². The van der Waals surface area contributed by atoms with Gasteiger partial charge in [0.2, 0.25) is 23.6 Å². The highest BCUT2D eigenvalue weighted by molar-refractivity contribution is 5.95. The number of hydrogen-bond donors (Lipinski definition) is 3. The number of nitrogens with two attached hydrogens (primary N) is 2. The Hall–Kier alpha value is -2.69. The van der Waals surface area contributed by atoms with Gasteiger partial charge in [-0.1, -0.05) is 0 Å². The number of likely N-dealkylation sites (tertiary alicyclic amines) is 3. The molecule has 3 rings (SSSR count). The summed E-state index contributed by atoms with van der Waals surface area (Å²) in [5, 5.41) is 9.37. The van der Waals surface area contributed by atoms with Crippen LogP contribution in [0.4, 0.5) is 0 Å².